The molecule has 4 atom stereocenters. The number of fused-ring (bicyclic) bond motifs is 3. The van der Waals surface area contributed by atoms with Crippen molar-refractivity contribution in [1.29, 1.82) is 0 Å². The highest BCUT2D eigenvalue weighted by atomic mass is 16.3. The fourth-order valence-corrected chi connectivity index (χ4v) is 6.91. The van der Waals surface area contributed by atoms with E-state index >= 15 is 0 Å². The summed E-state index contributed by atoms with van der Waals surface area (Å²) < 4.78 is 0. The van der Waals surface area contributed by atoms with E-state index in [1.165, 1.54) is 17.0 Å². The number of hydrogen-bond acceptors (Lipinski definition) is 12. The molecule has 0 spiro atoms. The molecule has 0 unspecified atom stereocenters. The van der Waals surface area contributed by atoms with Crippen LogP contribution in [0.4, 0.5) is 5.69 Å². The third kappa shape index (κ3) is 4.55. The van der Waals surface area contributed by atoms with Gasteiger partial charge < -0.3 is 46.6 Å². The number of amides is 1. The summed E-state index contributed by atoms with van der Waals surface area (Å²) in [5.41, 5.74) is 3.72. The number of carbonyl (C=O) groups excluding carboxylic acids is 3. The average Bonchev–Trinajstić information content (AvgIpc) is 2.93. The minimum atomic E-state index is -2.71. The van der Waals surface area contributed by atoms with Gasteiger partial charge in [0.05, 0.1) is 11.6 Å². The van der Waals surface area contributed by atoms with Crippen molar-refractivity contribution in [3.05, 3.63) is 69.2 Å². The number of likely N-dealkylation sites (N-methyl/N-ethyl adjacent to an activating group) is 1. The van der Waals surface area contributed by atoms with E-state index in [9.17, 15) is 45.0 Å². The van der Waals surface area contributed by atoms with Crippen LogP contribution in [0.2, 0.25) is 0 Å². The summed E-state index contributed by atoms with van der Waals surface area (Å²) in [4.78, 5) is 43.1. The van der Waals surface area contributed by atoms with Crippen LogP contribution < -0.4 is 16.0 Å². The summed E-state index contributed by atoms with van der Waals surface area (Å²) in [5.74, 6) is -7.51. The molecule has 0 aliphatic heterocycles. The molecule has 0 saturated heterocycles. The lowest BCUT2D eigenvalue weighted by Crippen LogP contribution is -2.63. The Morgan fingerprint density at radius 3 is 2.30 bits per heavy atom. The number of primary amides is 1. The molecular weight excluding hydrogens is 572 g/mol. The van der Waals surface area contributed by atoms with Crippen LogP contribution in [0, 0.1) is 11.8 Å². The highest BCUT2D eigenvalue weighted by Crippen LogP contribution is 2.53. The van der Waals surface area contributed by atoms with Crippen molar-refractivity contribution in [3.63, 3.8) is 0 Å². The Balaban J connectivity index is 1.58. The molecule has 0 radical (unpaired) electrons. The number of aliphatic hydroxyl groups excluding tert-OH is 2. The molecule has 0 fully saturated rings. The molecular formula is C31H36N4O9. The minimum Gasteiger partial charge on any atom is -0.510 e. The number of phenolic OH excluding ortho intramolecular Hbond substituents is 3. The zero-order chi connectivity index (χ0) is 32.4. The number of rotatable bonds is 7. The molecule has 3 aliphatic carbocycles. The number of nitrogens with zero attached hydrogens (tertiary/aromatic N) is 2. The van der Waals surface area contributed by atoms with E-state index in [1.807, 2.05) is 0 Å². The van der Waals surface area contributed by atoms with E-state index in [0.29, 0.717) is 22.4 Å². The van der Waals surface area contributed by atoms with Gasteiger partial charge in [-0.25, -0.2) is 0 Å². The second-order valence-corrected chi connectivity index (χ2v) is 12.0. The minimum absolute atomic E-state index is 0.00216. The van der Waals surface area contributed by atoms with Crippen molar-refractivity contribution < 1.29 is 45.0 Å². The Morgan fingerprint density at radius 2 is 1.70 bits per heavy atom. The molecule has 1 amide bonds. The maximum atomic E-state index is 14.1. The number of aliphatic hydroxyl groups is 3. The number of anilines is 1. The Hall–Kier alpha value is -4.59. The largest absolute Gasteiger partial charge is 0.510 e. The predicted molar refractivity (Wildman–Crippen MR) is 158 cm³/mol. The van der Waals surface area contributed by atoms with Gasteiger partial charge in [-0.3, -0.25) is 19.3 Å². The topological polar surface area (TPSA) is 217 Å². The van der Waals surface area contributed by atoms with Gasteiger partial charge in [-0.15, -0.1) is 0 Å². The van der Waals surface area contributed by atoms with Crippen LogP contribution >= 0.6 is 0 Å². The Bertz CT molecular complexity index is 1660. The number of nitrogens with one attached hydrogen (secondary N) is 1. The van der Waals surface area contributed by atoms with Crippen LogP contribution in [0.1, 0.15) is 33.5 Å². The van der Waals surface area contributed by atoms with E-state index in [2.05, 4.69) is 5.32 Å². The van der Waals surface area contributed by atoms with Crippen molar-refractivity contribution >= 4 is 23.2 Å². The summed E-state index contributed by atoms with van der Waals surface area (Å²) in [6, 6.07) is 5.05. The van der Waals surface area contributed by atoms with Crippen molar-refractivity contribution in [2.75, 3.05) is 33.1 Å². The first-order valence-electron chi connectivity index (χ1n) is 14.0. The van der Waals surface area contributed by atoms with Gasteiger partial charge in [-0.1, -0.05) is 6.07 Å². The normalized spacial score (nSPS) is 24.7. The molecule has 3 aliphatic rings. The van der Waals surface area contributed by atoms with Crippen LogP contribution in [0.25, 0.3) is 0 Å². The standard InChI is InChI=1S/C31H36N4O9/c1-34(2)18-10-15(12-33-11-13-5-6-19(36)20(37)7-13)25(38)22-16(18)8-14-9-17-24(35(3)4)27(40)23(30(32)43)29(42)31(17,44)28(41)21(14)26(22)39/h5-7,10,14,17,24,33,36-38,40-41,44H,8-9,11-12H2,1-4H3,(H2,32,43)/t14-,17-,24+,31-/m0/s1. The second kappa shape index (κ2) is 10.8. The molecule has 0 saturated carbocycles. The molecule has 234 valence electrons. The number of Topliss-reactive ketones (excluding diaryl/α,β-unsaturated/α-hetero) is 2. The fourth-order valence-electron chi connectivity index (χ4n) is 6.91. The van der Waals surface area contributed by atoms with Crippen molar-refractivity contribution in [2.45, 2.75) is 37.6 Å². The molecule has 9 N–H and O–H groups in total. The summed E-state index contributed by atoms with van der Waals surface area (Å²) in [6.45, 7) is 0.361. The van der Waals surface area contributed by atoms with Crippen molar-refractivity contribution in [1.82, 2.24) is 10.2 Å². The van der Waals surface area contributed by atoms with Gasteiger partial charge in [-0.05, 0) is 62.2 Å². The second-order valence-electron chi connectivity index (χ2n) is 12.0. The number of ketones is 2. The first-order chi connectivity index (χ1) is 20.6. The maximum absolute atomic E-state index is 14.1. The van der Waals surface area contributed by atoms with Crippen LogP contribution in [0.3, 0.4) is 0 Å². The zero-order valence-corrected chi connectivity index (χ0v) is 24.7. The van der Waals surface area contributed by atoms with Gasteiger partial charge in [0.2, 0.25) is 5.78 Å². The number of benzene rings is 2. The van der Waals surface area contributed by atoms with Crippen molar-refractivity contribution in [3.8, 4) is 17.2 Å². The molecule has 2 aromatic rings. The molecule has 13 nitrogen and oxygen atoms in total. The molecule has 0 heterocycles. The Labute approximate surface area is 253 Å². The SMILES string of the molecule is CN(C)c1cc(CNCc2ccc(O)c(O)c2)c(O)c2c1C[C@H]1C[C@H]3[C@@H](N(C)C)C(O)=C(C(N)=O)C(=O)[C@@]3(O)C(O)=C1C2=O. The number of allylic oxidation sites excluding steroid dienone is 1. The van der Waals surface area contributed by atoms with Crippen LogP contribution in [-0.2, 0) is 29.1 Å². The van der Waals surface area contributed by atoms with Gasteiger partial charge in [0, 0.05) is 49.9 Å². The third-order valence-corrected chi connectivity index (χ3v) is 8.94. The van der Waals surface area contributed by atoms with Gasteiger partial charge in [0.15, 0.2) is 22.9 Å². The lowest BCUT2D eigenvalue weighted by atomic mass is 9.58. The molecule has 44 heavy (non-hydrogen) atoms. The van der Waals surface area contributed by atoms with E-state index in [1.54, 1.807) is 45.2 Å². The van der Waals surface area contributed by atoms with E-state index < -0.39 is 58.0 Å². The summed E-state index contributed by atoms with van der Waals surface area (Å²) in [5, 5.41) is 68.1. The summed E-state index contributed by atoms with van der Waals surface area (Å²) in [7, 11) is 6.73. The monoisotopic (exact) mass is 608 g/mol. The summed E-state index contributed by atoms with van der Waals surface area (Å²) >= 11 is 0. The zero-order valence-electron chi connectivity index (χ0n) is 24.7. The summed E-state index contributed by atoms with van der Waals surface area (Å²) in [6.07, 6.45) is 0.179. The molecule has 13 heteroatoms. The van der Waals surface area contributed by atoms with Crippen LogP contribution in [0.15, 0.2) is 46.9 Å². The quantitative estimate of drug-likeness (QED) is 0.162. The lowest BCUT2D eigenvalue weighted by Gasteiger charge is -2.50. The Morgan fingerprint density at radius 1 is 1.02 bits per heavy atom. The number of hydrogen-bond donors (Lipinski definition) is 8. The molecule has 0 aromatic heterocycles. The van der Waals surface area contributed by atoms with Gasteiger partial charge in [-0.2, -0.15) is 0 Å². The number of phenols is 3. The van der Waals surface area contributed by atoms with Crippen molar-refractivity contribution in [2.24, 2.45) is 17.6 Å². The lowest BCUT2D eigenvalue weighted by molar-refractivity contribution is -0.148. The molecule has 2 aromatic carbocycles. The van der Waals surface area contributed by atoms with Crippen LogP contribution in [0.5, 0.6) is 17.2 Å². The highest BCUT2D eigenvalue weighted by molar-refractivity contribution is 6.25. The smallest absolute Gasteiger partial charge is 0.255 e. The van der Waals surface area contributed by atoms with Crippen LogP contribution in [-0.4, -0.2) is 92.8 Å². The van der Waals surface area contributed by atoms with E-state index in [4.69, 9.17) is 5.73 Å². The fraction of sp³-hybridized carbons (Fsp3) is 0.387. The third-order valence-electron chi connectivity index (χ3n) is 8.94. The average molecular weight is 609 g/mol. The number of aromatic hydroxyl groups is 3. The maximum Gasteiger partial charge on any atom is 0.255 e. The molecule has 0 bridgehead atoms. The first kappa shape index (κ1) is 30.9. The molecule has 5 rings (SSSR count). The number of carbonyl (C=O) groups is 3. The number of nitrogens with two attached hydrogens (primary N) is 1. The predicted octanol–water partition coefficient (Wildman–Crippen LogP) is 0.888. The van der Waals surface area contributed by atoms with Gasteiger partial charge in [0.1, 0.15) is 22.8 Å². The van der Waals surface area contributed by atoms with E-state index in [-0.39, 0.29) is 54.3 Å². The first-order valence-corrected chi connectivity index (χ1v) is 14.0. The van der Waals surface area contributed by atoms with Gasteiger partial charge in [0.25, 0.3) is 5.91 Å². The van der Waals surface area contributed by atoms with Gasteiger partial charge >= 0.3 is 0 Å². The highest BCUT2D eigenvalue weighted by Gasteiger charge is 2.63. The Kier molecular flexibility index (Phi) is 7.60. The van der Waals surface area contributed by atoms with E-state index in [0.717, 1.165) is 0 Å².